The summed E-state index contributed by atoms with van der Waals surface area (Å²) in [6.45, 7) is 4.21. The number of likely N-dealkylation sites (N-methyl/N-ethyl adjacent to an activating group) is 1. The Bertz CT molecular complexity index is 750. The van der Waals surface area contributed by atoms with Gasteiger partial charge in [-0.2, -0.15) is 0 Å². The first-order valence-electron chi connectivity index (χ1n) is 7.94. The zero-order chi connectivity index (χ0) is 17.7. The van der Waals surface area contributed by atoms with Gasteiger partial charge in [0.2, 0.25) is 5.91 Å². The van der Waals surface area contributed by atoms with Crippen molar-refractivity contribution in [2.75, 3.05) is 20.6 Å². The van der Waals surface area contributed by atoms with Gasteiger partial charge < -0.3 is 10.3 Å². The van der Waals surface area contributed by atoms with Crippen molar-refractivity contribution in [3.63, 3.8) is 0 Å². The number of amides is 1. The Kier molecular flexibility index (Phi) is 5.87. The topological polar surface area (TPSA) is 78.1 Å². The van der Waals surface area contributed by atoms with Crippen LogP contribution in [-0.2, 0) is 11.2 Å². The van der Waals surface area contributed by atoms with E-state index in [9.17, 15) is 9.59 Å². The van der Waals surface area contributed by atoms with Gasteiger partial charge in [-0.1, -0.05) is 29.8 Å². The molecule has 0 radical (unpaired) electrons. The van der Waals surface area contributed by atoms with Gasteiger partial charge in [-0.3, -0.25) is 14.5 Å². The summed E-state index contributed by atoms with van der Waals surface area (Å²) in [5.41, 5.74) is 2.61. The van der Waals surface area contributed by atoms with Crippen molar-refractivity contribution in [2.24, 2.45) is 0 Å². The van der Waals surface area contributed by atoms with Crippen LogP contribution in [0.2, 0.25) is 0 Å². The number of nitrogens with zero attached hydrogens (tertiary/aromatic N) is 2. The summed E-state index contributed by atoms with van der Waals surface area (Å²) >= 11 is 0. The maximum absolute atomic E-state index is 12.5. The van der Waals surface area contributed by atoms with Gasteiger partial charge in [0.1, 0.15) is 11.9 Å². The molecular weight excluding hydrogens is 304 g/mol. The molecule has 1 amide bonds. The lowest BCUT2D eigenvalue weighted by Crippen LogP contribution is -2.38. The minimum absolute atomic E-state index is 0.0705. The summed E-state index contributed by atoms with van der Waals surface area (Å²) in [5.74, 6) is 0.510. The molecule has 0 saturated heterocycles. The first-order valence-corrected chi connectivity index (χ1v) is 7.94. The molecule has 2 N–H and O–H groups in total. The van der Waals surface area contributed by atoms with Gasteiger partial charge >= 0.3 is 0 Å². The molecule has 0 aliphatic carbocycles. The number of aryl methyl sites for hydroxylation is 2. The first-order chi connectivity index (χ1) is 11.4. The summed E-state index contributed by atoms with van der Waals surface area (Å²) in [6, 6.07) is 9.04. The van der Waals surface area contributed by atoms with Crippen LogP contribution in [0.25, 0.3) is 0 Å². The predicted octanol–water partition coefficient (Wildman–Crippen LogP) is 1.35. The van der Waals surface area contributed by atoms with Crippen molar-refractivity contribution in [1.82, 2.24) is 20.2 Å². The molecule has 1 aromatic carbocycles. The Morgan fingerprint density at radius 1 is 1.25 bits per heavy atom. The fraction of sp³-hybridized carbons (Fsp3) is 0.389. The normalized spacial score (nSPS) is 12.2. The Hall–Kier alpha value is -2.47. The lowest BCUT2D eigenvalue weighted by molar-refractivity contribution is -0.125. The molecule has 2 rings (SSSR count). The lowest BCUT2D eigenvalue weighted by Gasteiger charge is -2.24. The molecule has 128 valence electrons. The number of nitrogens with one attached hydrogen (secondary N) is 2. The zero-order valence-electron chi connectivity index (χ0n) is 14.6. The van der Waals surface area contributed by atoms with Gasteiger partial charge in [0.05, 0.1) is 0 Å². The third kappa shape index (κ3) is 4.76. The highest BCUT2D eigenvalue weighted by Crippen LogP contribution is 2.18. The van der Waals surface area contributed by atoms with Gasteiger partial charge in [0.25, 0.3) is 5.56 Å². The molecular formula is C18H24N4O2. The molecule has 0 bridgehead atoms. The third-order valence-corrected chi connectivity index (χ3v) is 3.74. The lowest BCUT2D eigenvalue weighted by atomic mass is 10.0. The number of carbonyl (C=O) groups excluding carboxylic acids is 1. The highest BCUT2D eigenvalue weighted by Gasteiger charge is 2.22. The highest BCUT2D eigenvalue weighted by atomic mass is 16.2. The fourth-order valence-corrected chi connectivity index (χ4v) is 2.59. The summed E-state index contributed by atoms with van der Waals surface area (Å²) < 4.78 is 0. The number of hydrogen-bond donors (Lipinski definition) is 2. The Morgan fingerprint density at radius 3 is 2.50 bits per heavy atom. The fourth-order valence-electron chi connectivity index (χ4n) is 2.59. The molecule has 0 unspecified atom stereocenters. The van der Waals surface area contributed by atoms with Crippen LogP contribution in [0.5, 0.6) is 0 Å². The number of H-pyrrole nitrogens is 1. The van der Waals surface area contributed by atoms with Gasteiger partial charge in [-0.05, 0) is 33.5 Å². The standard InChI is InChI=1S/C18H24N4O2/c1-12-5-7-14(8-6-12)17(22(3)4)18(24)19-10-9-15-20-13(2)11-16(23)21-15/h5-8,11,17H,9-10H2,1-4H3,(H,19,24)(H,20,21,23)/t17-/m1/s1. The van der Waals surface area contributed by atoms with E-state index in [0.717, 1.165) is 11.1 Å². The number of hydrogen-bond acceptors (Lipinski definition) is 4. The van der Waals surface area contributed by atoms with E-state index in [1.54, 1.807) is 6.92 Å². The van der Waals surface area contributed by atoms with E-state index in [2.05, 4.69) is 15.3 Å². The summed E-state index contributed by atoms with van der Waals surface area (Å²) in [5, 5.41) is 2.92. The van der Waals surface area contributed by atoms with Crippen molar-refractivity contribution in [3.8, 4) is 0 Å². The smallest absolute Gasteiger partial charge is 0.251 e. The maximum Gasteiger partial charge on any atom is 0.251 e. The number of aromatic amines is 1. The van der Waals surface area contributed by atoms with Crippen LogP contribution in [0, 0.1) is 13.8 Å². The molecule has 0 saturated carbocycles. The quantitative estimate of drug-likeness (QED) is 0.839. The number of aromatic nitrogens is 2. The van der Waals surface area contributed by atoms with E-state index >= 15 is 0 Å². The molecule has 6 heteroatoms. The molecule has 1 aromatic heterocycles. The van der Waals surface area contributed by atoms with Gasteiger partial charge in [-0.15, -0.1) is 0 Å². The molecule has 0 fully saturated rings. The van der Waals surface area contributed by atoms with E-state index < -0.39 is 0 Å². The minimum atomic E-state index is -0.352. The molecule has 1 atom stereocenters. The second-order valence-corrected chi connectivity index (χ2v) is 6.15. The largest absolute Gasteiger partial charge is 0.354 e. The molecule has 24 heavy (non-hydrogen) atoms. The SMILES string of the molecule is Cc1ccc([C@H](C(=O)NCCc2nc(C)cc(=O)[nH]2)N(C)C)cc1. The average Bonchev–Trinajstić information content (AvgIpc) is 2.48. The average molecular weight is 328 g/mol. The first kappa shape index (κ1) is 17.9. The van der Waals surface area contributed by atoms with Crippen LogP contribution in [-0.4, -0.2) is 41.4 Å². The molecule has 6 nitrogen and oxygen atoms in total. The summed E-state index contributed by atoms with van der Waals surface area (Å²) in [7, 11) is 3.76. The van der Waals surface area contributed by atoms with E-state index in [1.807, 2.05) is 50.2 Å². The van der Waals surface area contributed by atoms with Crippen molar-refractivity contribution < 1.29 is 4.79 Å². The van der Waals surface area contributed by atoms with Crippen LogP contribution in [0.15, 0.2) is 35.1 Å². The van der Waals surface area contributed by atoms with Crippen LogP contribution < -0.4 is 10.9 Å². The second-order valence-electron chi connectivity index (χ2n) is 6.15. The van der Waals surface area contributed by atoms with E-state index in [0.29, 0.717) is 24.5 Å². The molecule has 0 aliphatic rings. The van der Waals surface area contributed by atoms with E-state index in [-0.39, 0.29) is 17.5 Å². The molecule has 0 spiro atoms. The number of carbonyl (C=O) groups is 1. The van der Waals surface area contributed by atoms with E-state index in [4.69, 9.17) is 0 Å². The van der Waals surface area contributed by atoms with Crippen LogP contribution >= 0.6 is 0 Å². The number of rotatable bonds is 6. The van der Waals surface area contributed by atoms with Crippen LogP contribution in [0.4, 0.5) is 0 Å². The van der Waals surface area contributed by atoms with Crippen LogP contribution in [0.3, 0.4) is 0 Å². The summed E-state index contributed by atoms with van der Waals surface area (Å²) in [6.07, 6.45) is 0.483. The molecule has 0 aliphatic heterocycles. The van der Waals surface area contributed by atoms with Crippen molar-refractivity contribution >= 4 is 5.91 Å². The van der Waals surface area contributed by atoms with Crippen molar-refractivity contribution in [1.29, 1.82) is 0 Å². The van der Waals surface area contributed by atoms with Crippen molar-refractivity contribution in [3.05, 3.63) is 63.3 Å². The minimum Gasteiger partial charge on any atom is -0.354 e. The zero-order valence-corrected chi connectivity index (χ0v) is 14.6. The monoisotopic (exact) mass is 328 g/mol. The Morgan fingerprint density at radius 2 is 1.92 bits per heavy atom. The van der Waals surface area contributed by atoms with E-state index in [1.165, 1.54) is 6.07 Å². The third-order valence-electron chi connectivity index (χ3n) is 3.74. The maximum atomic E-state index is 12.5. The van der Waals surface area contributed by atoms with Crippen molar-refractivity contribution in [2.45, 2.75) is 26.3 Å². The van der Waals surface area contributed by atoms with Crippen LogP contribution in [0.1, 0.15) is 28.7 Å². The number of benzene rings is 1. The second kappa shape index (κ2) is 7.88. The summed E-state index contributed by atoms with van der Waals surface area (Å²) in [4.78, 5) is 32.8. The Balaban J connectivity index is 2.00. The van der Waals surface area contributed by atoms with Gasteiger partial charge in [-0.25, -0.2) is 4.98 Å². The highest BCUT2D eigenvalue weighted by molar-refractivity contribution is 5.83. The molecule has 2 aromatic rings. The Labute approximate surface area is 141 Å². The predicted molar refractivity (Wildman–Crippen MR) is 93.9 cm³/mol. The van der Waals surface area contributed by atoms with Gasteiger partial charge in [0.15, 0.2) is 0 Å². The molecule has 1 heterocycles. The van der Waals surface area contributed by atoms with Gasteiger partial charge in [0, 0.05) is 24.7 Å².